The highest BCUT2D eigenvalue weighted by molar-refractivity contribution is 9.10. The van der Waals surface area contributed by atoms with Gasteiger partial charge in [0.25, 0.3) is 0 Å². The molecule has 18 heavy (non-hydrogen) atoms. The van der Waals surface area contributed by atoms with Gasteiger partial charge in [-0.25, -0.2) is 4.79 Å². The molecule has 0 saturated carbocycles. The number of aryl methyl sites for hydroxylation is 2. The Morgan fingerprint density at radius 1 is 1.28 bits per heavy atom. The molecule has 3 aromatic rings. The third-order valence-corrected chi connectivity index (χ3v) is 3.14. The van der Waals surface area contributed by atoms with Gasteiger partial charge >= 0.3 is 5.76 Å². The Bertz CT molecular complexity index is 741. The lowest BCUT2D eigenvalue weighted by atomic mass is 10.3. The number of nitrogens with zero attached hydrogens (tertiary/aromatic N) is 3. The second-order valence-electron chi connectivity index (χ2n) is 3.91. The molecule has 0 amide bonds. The third-order valence-electron chi connectivity index (χ3n) is 2.73. The van der Waals surface area contributed by atoms with Crippen LogP contribution in [0, 0.1) is 0 Å². The van der Waals surface area contributed by atoms with E-state index >= 15 is 0 Å². The molecule has 0 aliphatic rings. The molecule has 3 rings (SSSR count). The molecule has 0 spiro atoms. The molecule has 0 N–H and O–H groups in total. The molecule has 0 fully saturated rings. The van der Waals surface area contributed by atoms with Crippen LogP contribution in [0.3, 0.4) is 0 Å². The van der Waals surface area contributed by atoms with Crippen LogP contribution in [0.2, 0.25) is 0 Å². The molecule has 2 heterocycles. The maximum atomic E-state index is 11.7. The molecular formula is C12H10BrN3O2. The standard InChI is InChI=1S/C12H10BrN3O2/c13-9-7-14-15(8-9)5-6-16-10-3-1-2-4-11(10)18-12(16)17/h1-4,7-8H,5-6H2. The number of para-hydroxylation sites is 2. The maximum absolute atomic E-state index is 11.7. The highest BCUT2D eigenvalue weighted by atomic mass is 79.9. The van der Waals surface area contributed by atoms with Crippen LogP contribution < -0.4 is 5.76 Å². The first-order valence-electron chi connectivity index (χ1n) is 5.50. The van der Waals surface area contributed by atoms with Crippen LogP contribution in [-0.2, 0) is 13.1 Å². The molecule has 92 valence electrons. The minimum absolute atomic E-state index is 0.331. The Morgan fingerprint density at radius 3 is 2.89 bits per heavy atom. The number of benzene rings is 1. The van der Waals surface area contributed by atoms with E-state index in [0.717, 1.165) is 9.99 Å². The summed E-state index contributed by atoms with van der Waals surface area (Å²) in [5, 5.41) is 4.15. The summed E-state index contributed by atoms with van der Waals surface area (Å²) < 4.78 is 9.48. The van der Waals surface area contributed by atoms with Crippen molar-refractivity contribution in [2.45, 2.75) is 13.1 Å². The topological polar surface area (TPSA) is 53.0 Å². The summed E-state index contributed by atoms with van der Waals surface area (Å²) in [6, 6.07) is 7.40. The van der Waals surface area contributed by atoms with Crippen molar-refractivity contribution in [3.8, 4) is 0 Å². The Hall–Kier alpha value is -1.82. The summed E-state index contributed by atoms with van der Waals surface area (Å²) in [5.41, 5.74) is 1.43. The summed E-state index contributed by atoms with van der Waals surface area (Å²) in [6.07, 6.45) is 3.59. The average molecular weight is 308 g/mol. The highest BCUT2D eigenvalue weighted by Gasteiger charge is 2.08. The number of hydrogen-bond acceptors (Lipinski definition) is 3. The van der Waals surface area contributed by atoms with Crippen LogP contribution >= 0.6 is 15.9 Å². The van der Waals surface area contributed by atoms with E-state index in [1.165, 1.54) is 0 Å². The smallest absolute Gasteiger partial charge is 0.408 e. The minimum atomic E-state index is -0.331. The van der Waals surface area contributed by atoms with E-state index in [-0.39, 0.29) is 5.76 Å². The normalized spacial score (nSPS) is 11.2. The first-order valence-corrected chi connectivity index (χ1v) is 6.30. The number of halogens is 1. The minimum Gasteiger partial charge on any atom is -0.408 e. The largest absolute Gasteiger partial charge is 0.420 e. The number of fused-ring (bicyclic) bond motifs is 1. The van der Waals surface area contributed by atoms with Gasteiger partial charge in [0.1, 0.15) is 0 Å². The van der Waals surface area contributed by atoms with E-state index in [0.29, 0.717) is 18.7 Å². The number of aromatic nitrogens is 3. The average Bonchev–Trinajstić information content (AvgIpc) is 2.90. The van der Waals surface area contributed by atoms with Crippen LogP contribution in [0.1, 0.15) is 0 Å². The molecule has 5 nitrogen and oxygen atoms in total. The first kappa shape index (κ1) is 11.3. The molecular weight excluding hydrogens is 298 g/mol. The maximum Gasteiger partial charge on any atom is 0.420 e. The Labute approximate surface area is 111 Å². The van der Waals surface area contributed by atoms with Gasteiger partial charge in [-0.05, 0) is 28.1 Å². The van der Waals surface area contributed by atoms with Gasteiger partial charge in [-0.1, -0.05) is 12.1 Å². The van der Waals surface area contributed by atoms with Crippen LogP contribution in [0.4, 0.5) is 0 Å². The van der Waals surface area contributed by atoms with E-state index in [9.17, 15) is 4.79 Å². The molecule has 6 heteroatoms. The van der Waals surface area contributed by atoms with Crippen molar-refractivity contribution in [2.75, 3.05) is 0 Å². The monoisotopic (exact) mass is 307 g/mol. The Balaban J connectivity index is 1.90. The molecule has 0 saturated heterocycles. The van der Waals surface area contributed by atoms with Crippen LogP contribution in [0.5, 0.6) is 0 Å². The van der Waals surface area contributed by atoms with Crippen LogP contribution in [0.25, 0.3) is 11.1 Å². The summed E-state index contributed by atoms with van der Waals surface area (Å²) in [6.45, 7) is 1.15. The second-order valence-corrected chi connectivity index (χ2v) is 4.82. The zero-order valence-corrected chi connectivity index (χ0v) is 11.0. The molecule has 2 aromatic heterocycles. The summed E-state index contributed by atoms with van der Waals surface area (Å²) in [4.78, 5) is 11.7. The fourth-order valence-corrected chi connectivity index (χ4v) is 2.22. The third kappa shape index (κ3) is 1.99. The van der Waals surface area contributed by atoms with E-state index in [2.05, 4.69) is 21.0 Å². The van der Waals surface area contributed by atoms with E-state index in [1.54, 1.807) is 21.5 Å². The van der Waals surface area contributed by atoms with Gasteiger partial charge in [0.05, 0.1) is 22.7 Å². The van der Waals surface area contributed by atoms with Crippen LogP contribution in [0.15, 0.2) is 50.3 Å². The second kappa shape index (κ2) is 4.45. The van der Waals surface area contributed by atoms with E-state index in [4.69, 9.17) is 4.42 Å². The van der Waals surface area contributed by atoms with Crippen molar-refractivity contribution in [3.63, 3.8) is 0 Å². The summed E-state index contributed by atoms with van der Waals surface area (Å²) >= 11 is 3.33. The molecule has 1 aromatic carbocycles. The van der Waals surface area contributed by atoms with Gasteiger partial charge in [-0.15, -0.1) is 0 Å². The van der Waals surface area contributed by atoms with Crippen molar-refractivity contribution in [1.82, 2.24) is 14.3 Å². The predicted octanol–water partition coefficient (Wildman–Crippen LogP) is 2.25. The lowest BCUT2D eigenvalue weighted by Gasteiger charge is -2.02. The lowest BCUT2D eigenvalue weighted by Crippen LogP contribution is -2.17. The number of oxazole rings is 1. The highest BCUT2D eigenvalue weighted by Crippen LogP contribution is 2.12. The Morgan fingerprint density at radius 2 is 2.11 bits per heavy atom. The van der Waals surface area contributed by atoms with Gasteiger partial charge in [-0.2, -0.15) is 5.10 Å². The van der Waals surface area contributed by atoms with Gasteiger partial charge in [-0.3, -0.25) is 9.25 Å². The van der Waals surface area contributed by atoms with Crippen molar-refractivity contribution in [1.29, 1.82) is 0 Å². The fourth-order valence-electron chi connectivity index (χ4n) is 1.89. The van der Waals surface area contributed by atoms with Crippen molar-refractivity contribution < 1.29 is 4.42 Å². The molecule has 0 aliphatic heterocycles. The molecule has 0 bridgehead atoms. The molecule has 0 aliphatic carbocycles. The van der Waals surface area contributed by atoms with Gasteiger partial charge in [0.15, 0.2) is 5.58 Å². The lowest BCUT2D eigenvalue weighted by molar-refractivity contribution is 0.471. The summed E-state index contributed by atoms with van der Waals surface area (Å²) in [5.74, 6) is -0.331. The van der Waals surface area contributed by atoms with Gasteiger partial charge in [0.2, 0.25) is 0 Å². The molecule has 0 radical (unpaired) electrons. The first-order chi connectivity index (χ1) is 8.74. The molecule has 0 unspecified atom stereocenters. The van der Waals surface area contributed by atoms with Crippen molar-refractivity contribution >= 4 is 27.0 Å². The van der Waals surface area contributed by atoms with Crippen LogP contribution in [-0.4, -0.2) is 14.3 Å². The SMILES string of the molecule is O=c1oc2ccccc2n1CCn1cc(Br)cn1. The number of rotatable bonds is 3. The van der Waals surface area contributed by atoms with Gasteiger partial charge in [0, 0.05) is 12.7 Å². The number of hydrogen-bond donors (Lipinski definition) is 0. The van der Waals surface area contributed by atoms with E-state index < -0.39 is 0 Å². The zero-order valence-electron chi connectivity index (χ0n) is 9.41. The van der Waals surface area contributed by atoms with Crippen molar-refractivity contribution in [3.05, 3.63) is 51.7 Å². The predicted molar refractivity (Wildman–Crippen MR) is 70.4 cm³/mol. The zero-order chi connectivity index (χ0) is 12.5. The molecule has 0 atom stereocenters. The van der Waals surface area contributed by atoms with Gasteiger partial charge < -0.3 is 4.42 Å². The quantitative estimate of drug-likeness (QED) is 0.746. The summed E-state index contributed by atoms with van der Waals surface area (Å²) in [7, 11) is 0. The Kier molecular flexibility index (Phi) is 2.79. The van der Waals surface area contributed by atoms with Crippen molar-refractivity contribution in [2.24, 2.45) is 0 Å². The van der Waals surface area contributed by atoms with E-state index in [1.807, 2.05) is 24.4 Å². The fraction of sp³-hybridized carbons (Fsp3) is 0.167.